The van der Waals surface area contributed by atoms with E-state index in [-0.39, 0.29) is 18.4 Å². The quantitative estimate of drug-likeness (QED) is 0.501. The van der Waals surface area contributed by atoms with Gasteiger partial charge in [0.25, 0.3) is 5.91 Å². The third-order valence-electron chi connectivity index (χ3n) is 4.10. The number of hydrogen-bond acceptors (Lipinski definition) is 5. The van der Waals surface area contributed by atoms with Gasteiger partial charge >= 0.3 is 6.01 Å². The van der Waals surface area contributed by atoms with Crippen molar-refractivity contribution in [3.63, 3.8) is 0 Å². The minimum atomic E-state index is -0.774. The minimum absolute atomic E-state index is 0.128. The topological polar surface area (TPSA) is 93.7 Å². The number of amides is 1. The largest absolute Gasteiger partial charge is 0.424 e. The lowest BCUT2D eigenvalue weighted by atomic mass is 10.1. The Morgan fingerprint density at radius 3 is 2.52 bits per heavy atom. The summed E-state index contributed by atoms with van der Waals surface area (Å²) in [7, 11) is 0. The van der Waals surface area contributed by atoms with Gasteiger partial charge in [-0.05, 0) is 42.5 Å². The molecule has 2 aromatic heterocycles. The van der Waals surface area contributed by atoms with Crippen molar-refractivity contribution in [1.82, 2.24) is 25.3 Å². The lowest BCUT2D eigenvalue weighted by molar-refractivity contribution is -0.119. The van der Waals surface area contributed by atoms with Crippen molar-refractivity contribution in [3.05, 3.63) is 79.0 Å². The van der Waals surface area contributed by atoms with Crippen LogP contribution in [0.1, 0.15) is 0 Å². The fourth-order valence-electron chi connectivity index (χ4n) is 2.86. The van der Waals surface area contributed by atoms with Crippen LogP contribution in [-0.2, 0) is 11.3 Å². The molecule has 1 radical (unpaired) electrons. The summed E-state index contributed by atoms with van der Waals surface area (Å²) >= 11 is 0. The summed E-state index contributed by atoms with van der Waals surface area (Å²) in [6.07, 6.45) is 3.00. The van der Waals surface area contributed by atoms with Crippen LogP contribution in [0.4, 0.5) is 4.39 Å². The molecule has 0 bridgehead atoms. The summed E-state index contributed by atoms with van der Waals surface area (Å²) in [6.45, 7) is -0.192. The fraction of sp³-hybridized carbons (Fsp3) is 0.0476. The van der Waals surface area contributed by atoms with E-state index in [0.717, 1.165) is 0 Å². The summed E-state index contributed by atoms with van der Waals surface area (Å²) < 4.78 is 20.6. The van der Waals surface area contributed by atoms with Crippen LogP contribution in [0.3, 0.4) is 0 Å². The molecule has 1 N–H and O–H groups in total. The molecule has 0 aliphatic heterocycles. The summed E-state index contributed by atoms with van der Waals surface area (Å²) in [5.74, 6) is -0.556. The number of carbonyl (C=O) groups is 1. The Morgan fingerprint density at radius 1 is 1.03 bits per heavy atom. The molecule has 0 saturated heterocycles. The number of para-hydroxylation sites is 1. The van der Waals surface area contributed by atoms with E-state index in [0.29, 0.717) is 28.4 Å². The SMILES string of the molecule is [NH]C(=O)Cn1cnc(-c2ccc(F)cc2)c1-c1ccnc(Oc2ccccc2)n1. The summed E-state index contributed by atoms with van der Waals surface area (Å²) in [5.41, 5.74) is 9.45. The van der Waals surface area contributed by atoms with Gasteiger partial charge in [-0.1, -0.05) is 18.2 Å². The third kappa shape index (κ3) is 4.11. The number of aromatic nitrogens is 4. The van der Waals surface area contributed by atoms with E-state index in [4.69, 9.17) is 10.5 Å². The smallest absolute Gasteiger partial charge is 0.322 e. The van der Waals surface area contributed by atoms with Gasteiger partial charge in [-0.15, -0.1) is 0 Å². The molecule has 29 heavy (non-hydrogen) atoms. The second-order valence-electron chi connectivity index (χ2n) is 6.14. The number of nitrogens with zero attached hydrogens (tertiary/aromatic N) is 4. The van der Waals surface area contributed by atoms with Crippen molar-refractivity contribution in [2.24, 2.45) is 0 Å². The molecular formula is C21H15FN5O2. The first kappa shape index (κ1) is 18.3. The Labute approximate surface area is 165 Å². The molecule has 0 atom stereocenters. The lowest BCUT2D eigenvalue weighted by Crippen LogP contribution is -2.11. The highest BCUT2D eigenvalue weighted by atomic mass is 19.1. The molecule has 2 aromatic carbocycles. The molecule has 8 heteroatoms. The number of carbonyl (C=O) groups excluding carboxylic acids is 1. The molecular weight excluding hydrogens is 373 g/mol. The van der Waals surface area contributed by atoms with E-state index in [2.05, 4.69) is 15.0 Å². The van der Waals surface area contributed by atoms with E-state index in [9.17, 15) is 9.18 Å². The van der Waals surface area contributed by atoms with Gasteiger partial charge in [0.2, 0.25) is 0 Å². The average Bonchev–Trinajstić information content (AvgIpc) is 3.12. The predicted octanol–water partition coefficient (Wildman–Crippen LogP) is 3.75. The summed E-state index contributed by atoms with van der Waals surface area (Å²) in [4.78, 5) is 24.3. The zero-order valence-electron chi connectivity index (χ0n) is 15.1. The predicted molar refractivity (Wildman–Crippen MR) is 103 cm³/mol. The van der Waals surface area contributed by atoms with Crippen molar-refractivity contribution >= 4 is 5.91 Å². The van der Waals surface area contributed by atoms with E-state index < -0.39 is 5.91 Å². The fourth-order valence-corrected chi connectivity index (χ4v) is 2.86. The average molecular weight is 388 g/mol. The number of nitrogens with one attached hydrogen (secondary N) is 1. The summed E-state index contributed by atoms with van der Waals surface area (Å²) in [5, 5.41) is 0. The van der Waals surface area contributed by atoms with Crippen molar-refractivity contribution in [3.8, 4) is 34.4 Å². The first-order valence-electron chi connectivity index (χ1n) is 8.72. The maximum atomic E-state index is 13.3. The molecule has 4 rings (SSSR count). The van der Waals surface area contributed by atoms with Crippen LogP contribution in [-0.4, -0.2) is 25.4 Å². The highest BCUT2D eigenvalue weighted by Crippen LogP contribution is 2.31. The molecule has 0 aliphatic carbocycles. The minimum Gasteiger partial charge on any atom is -0.424 e. The van der Waals surface area contributed by atoms with E-state index in [1.807, 2.05) is 18.2 Å². The molecule has 0 spiro atoms. The van der Waals surface area contributed by atoms with E-state index in [1.165, 1.54) is 29.2 Å². The van der Waals surface area contributed by atoms with Crippen LogP contribution in [0.2, 0.25) is 0 Å². The Hall–Kier alpha value is -4.07. The first-order valence-corrected chi connectivity index (χ1v) is 8.72. The van der Waals surface area contributed by atoms with Crippen molar-refractivity contribution in [2.75, 3.05) is 0 Å². The molecule has 0 fully saturated rings. The first-order chi connectivity index (χ1) is 14.1. The van der Waals surface area contributed by atoms with Gasteiger partial charge in [0.15, 0.2) is 0 Å². The van der Waals surface area contributed by atoms with Gasteiger partial charge in [-0.25, -0.2) is 14.4 Å². The molecule has 0 aliphatic rings. The standard InChI is InChI=1S/C21H15FN5O2/c22-15-8-6-14(7-9-15)19-20(27(13-25-19)12-18(23)28)17-10-11-24-21(26-17)29-16-4-2-1-3-5-16/h1-11,13,23H,12H2. The molecule has 143 valence electrons. The Kier molecular flexibility index (Phi) is 4.98. The maximum Gasteiger partial charge on any atom is 0.322 e. The normalized spacial score (nSPS) is 10.7. The van der Waals surface area contributed by atoms with Crippen LogP contribution >= 0.6 is 0 Å². The van der Waals surface area contributed by atoms with Crippen LogP contribution in [0.15, 0.2) is 73.2 Å². The number of ether oxygens (including phenoxy) is 1. The van der Waals surface area contributed by atoms with Crippen LogP contribution in [0.5, 0.6) is 11.8 Å². The third-order valence-corrected chi connectivity index (χ3v) is 4.10. The van der Waals surface area contributed by atoms with Gasteiger partial charge in [0.1, 0.15) is 18.1 Å². The van der Waals surface area contributed by atoms with Crippen LogP contribution in [0, 0.1) is 5.82 Å². The van der Waals surface area contributed by atoms with E-state index in [1.54, 1.807) is 30.3 Å². The second kappa shape index (κ2) is 7.89. The molecule has 0 saturated carbocycles. The van der Waals surface area contributed by atoms with Crippen molar-refractivity contribution in [1.29, 1.82) is 0 Å². The monoisotopic (exact) mass is 388 g/mol. The Balaban J connectivity index is 1.78. The number of rotatable bonds is 6. The van der Waals surface area contributed by atoms with Gasteiger partial charge in [0.05, 0.1) is 23.4 Å². The van der Waals surface area contributed by atoms with Crippen LogP contribution in [0.25, 0.3) is 22.6 Å². The van der Waals surface area contributed by atoms with Gasteiger partial charge in [0, 0.05) is 11.8 Å². The second-order valence-corrected chi connectivity index (χ2v) is 6.14. The van der Waals surface area contributed by atoms with Gasteiger partial charge < -0.3 is 9.30 Å². The van der Waals surface area contributed by atoms with Crippen molar-refractivity contribution in [2.45, 2.75) is 6.54 Å². The molecule has 4 aromatic rings. The molecule has 0 unspecified atom stereocenters. The van der Waals surface area contributed by atoms with E-state index >= 15 is 0 Å². The number of hydrogen-bond donors (Lipinski definition) is 0. The zero-order valence-corrected chi connectivity index (χ0v) is 15.1. The van der Waals surface area contributed by atoms with Gasteiger partial charge in [-0.2, -0.15) is 4.98 Å². The zero-order chi connectivity index (χ0) is 20.2. The maximum absolute atomic E-state index is 13.3. The molecule has 2 heterocycles. The van der Waals surface area contributed by atoms with Crippen molar-refractivity contribution < 1.29 is 13.9 Å². The highest BCUT2D eigenvalue weighted by Gasteiger charge is 2.18. The summed E-state index contributed by atoms with van der Waals surface area (Å²) in [6, 6.07) is 16.7. The number of halogens is 1. The Bertz CT molecular complexity index is 1140. The molecule has 1 amide bonds. The number of benzene rings is 2. The van der Waals surface area contributed by atoms with Crippen LogP contribution < -0.4 is 10.5 Å². The van der Waals surface area contributed by atoms with Gasteiger partial charge in [-0.3, -0.25) is 10.5 Å². The number of imidazole rings is 1. The highest BCUT2D eigenvalue weighted by molar-refractivity contribution is 5.79. The lowest BCUT2D eigenvalue weighted by Gasteiger charge is -2.10. The Morgan fingerprint density at radius 2 is 1.79 bits per heavy atom. The molecule has 7 nitrogen and oxygen atoms in total.